The van der Waals surface area contributed by atoms with Crippen LogP contribution in [0, 0.1) is 5.92 Å². The average molecular weight is 382 g/mol. The summed E-state index contributed by atoms with van der Waals surface area (Å²) < 4.78 is 37.8. The summed E-state index contributed by atoms with van der Waals surface area (Å²) in [4.78, 5) is 26.0. The summed E-state index contributed by atoms with van der Waals surface area (Å²) in [7, 11) is 0. The molecule has 0 bridgehead atoms. The first kappa shape index (κ1) is 19.7. The summed E-state index contributed by atoms with van der Waals surface area (Å²) >= 11 is 0. The van der Waals surface area contributed by atoms with Gasteiger partial charge in [-0.1, -0.05) is 18.6 Å². The molecule has 1 aromatic carbocycles. The van der Waals surface area contributed by atoms with Crippen molar-refractivity contribution in [3.05, 3.63) is 35.4 Å². The van der Waals surface area contributed by atoms with E-state index in [1.807, 2.05) is 4.90 Å². The largest absolute Gasteiger partial charge is 0.416 e. The molecule has 0 spiro atoms. The summed E-state index contributed by atoms with van der Waals surface area (Å²) in [6.07, 6.45) is 0.744. The van der Waals surface area contributed by atoms with Gasteiger partial charge in [0.2, 0.25) is 11.8 Å². The highest BCUT2D eigenvalue weighted by Crippen LogP contribution is 2.47. The maximum Gasteiger partial charge on any atom is 0.416 e. The first-order valence-corrected chi connectivity index (χ1v) is 9.59. The van der Waals surface area contributed by atoms with Gasteiger partial charge in [0.05, 0.1) is 5.56 Å². The number of rotatable bonds is 6. The molecule has 1 heterocycles. The molecule has 4 nitrogen and oxygen atoms in total. The quantitative estimate of drug-likeness (QED) is 0.763. The van der Waals surface area contributed by atoms with Gasteiger partial charge in [-0.3, -0.25) is 9.59 Å². The summed E-state index contributed by atoms with van der Waals surface area (Å²) in [5.41, 5.74) is 0.106. The maximum atomic E-state index is 12.6. The van der Waals surface area contributed by atoms with Crippen molar-refractivity contribution in [2.45, 2.75) is 50.6 Å². The minimum absolute atomic E-state index is 0.000492. The Kier molecular flexibility index (Phi) is 6.07. The highest BCUT2D eigenvalue weighted by Gasteiger charge is 2.44. The molecule has 148 valence electrons. The van der Waals surface area contributed by atoms with E-state index in [4.69, 9.17) is 0 Å². The van der Waals surface area contributed by atoms with Crippen molar-refractivity contribution in [2.24, 2.45) is 5.92 Å². The molecule has 0 aromatic heterocycles. The number of hydrogen-bond acceptors (Lipinski definition) is 2. The van der Waals surface area contributed by atoms with Crippen LogP contribution in [0.3, 0.4) is 0 Å². The van der Waals surface area contributed by atoms with E-state index in [1.165, 1.54) is 12.1 Å². The molecule has 0 radical (unpaired) electrons. The predicted molar refractivity (Wildman–Crippen MR) is 95.0 cm³/mol. The van der Waals surface area contributed by atoms with Gasteiger partial charge in [-0.05, 0) is 49.3 Å². The van der Waals surface area contributed by atoms with Crippen LogP contribution in [0.2, 0.25) is 0 Å². The summed E-state index contributed by atoms with van der Waals surface area (Å²) in [5, 5.41) is 2.89. The second-order valence-corrected chi connectivity index (χ2v) is 7.40. The highest BCUT2D eigenvalue weighted by molar-refractivity contribution is 5.82. The van der Waals surface area contributed by atoms with Gasteiger partial charge >= 0.3 is 6.18 Å². The number of benzene rings is 1. The van der Waals surface area contributed by atoms with Crippen molar-refractivity contribution >= 4 is 11.8 Å². The van der Waals surface area contributed by atoms with Gasteiger partial charge in [-0.15, -0.1) is 0 Å². The van der Waals surface area contributed by atoms with Gasteiger partial charge in [0.1, 0.15) is 0 Å². The Bertz CT molecular complexity index is 673. The Morgan fingerprint density at radius 2 is 1.89 bits per heavy atom. The minimum atomic E-state index is -4.34. The van der Waals surface area contributed by atoms with Crippen molar-refractivity contribution in [1.29, 1.82) is 0 Å². The molecule has 1 aliphatic carbocycles. The zero-order valence-corrected chi connectivity index (χ0v) is 15.2. The van der Waals surface area contributed by atoms with Crippen molar-refractivity contribution in [1.82, 2.24) is 10.2 Å². The van der Waals surface area contributed by atoms with Crippen molar-refractivity contribution in [3.8, 4) is 0 Å². The molecule has 2 aliphatic rings. The molecule has 3 rings (SSSR count). The lowest BCUT2D eigenvalue weighted by atomic mass is 10.1. The van der Waals surface area contributed by atoms with E-state index in [2.05, 4.69) is 5.32 Å². The van der Waals surface area contributed by atoms with Crippen LogP contribution in [0.15, 0.2) is 24.3 Å². The van der Waals surface area contributed by atoms with E-state index in [-0.39, 0.29) is 23.7 Å². The van der Waals surface area contributed by atoms with Gasteiger partial charge < -0.3 is 10.2 Å². The number of hydrogen-bond donors (Lipinski definition) is 1. The lowest BCUT2D eigenvalue weighted by Crippen LogP contribution is -2.34. The second-order valence-electron chi connectivity index (χ2n) is 7.40. The van der Waals surface area contributed by atoms with E-state index < -0.39 is 11.7 Å². The lowest BCUT2D eigenvalue weighted by molar-refractivity contribution is -0.137. The number of amides is 2. The number of nitrogens with zero attached hydrogens (tertiary/aromatic N) is 1. The third kappa shape index (κ3) is 5.23. The first-order chi connectivity index (χ1) is 12.9. The molecule has 2 amide bonds. The minimum Gasteiger partial charge on any atom is -0.356 e. The van der Waals surface area contributed by atoms with Gasteiger partial charge in [0.15, 0.2) is 0 Å². The smallest absolute Gasteiger partial charge is 0.356 e. The molecule has 1 saturated carbocycles. The highest BCUT2D eigenvalue weighted by atomic mass is 19.4. The second kappa shape index (κ2) is 8.31. The number of halogens is 3. The summed E-state index contributed by atoms with van der Waals surface area (Å²) in [6.45, 7) is 1.97. The molecule has 2 unspecified atom stereocenters. The third-order valence-electron chi connectivity index (χ3n) is 5.37. The van der Waals surface area contributed by atoms with E-state index in [0.29, 0.717) is 25.9 Å². The van der Waals surface area contributed by atoms with Crippen LogP contribution < -0.4 is 5.32 Å². The third-order valence-corrected chi connectivity index (χ3v) is 5.37. The van der Waals surface area contributed by atoms with Crippen molar-refractivity contribution < 1.29 is 22.8 Å². The number of likely N-dealkylation sites (tertiary alicyclic amines) is 1. The zero-order valence-electron chi connectivity index (χ0n) is 15.2. The van der Waals surface area contributed by atoms with Crippen LogP contribution >= 0.6 is 0 Å². The molecular weight excluding hydrogens is 357 g/mol. The Labute approximate surface area is 157 Å². The van der Waals surface area contributed by atoms with Crippen LogP contribution in [0.1, 0.15) is 55.6 Å². The van der Waals surface area contributed by atoms with Gasteiger partial charge in [0.25, 0.3) is 0 Å². The van der Waals surface area contributed by atoms with Crippen LogP contribution in [0.5, 0.6) is 0 Å². The molecule has 1 saturated heterocycles. The van der Waals surface area contributed by atoms with E-state index in [1.54, 1.807) is 0 Å². The van der Waals surface area contributed by atoms with Gasteiger partial charge in [0, 0.05) is 32.0 Å². The van der Waals surface area contributed by atoms with Gasteiger partial charge in [-0.2, -0.15) is 13.2 Å². The Morgan fingerprint density at radius 1 is 1.15 bits per heavy atom. The molecule has 1 aliphatic heterocycles. The number of carbonyl (C=O) groups excluding carboxylic acids is 2. The van der Waals surface area contributed by atoms with E-state index in [0.717, 1.165) is 49.9 Å². The fraction of sp³-hybridized carbons (Fsp3) is 0.600. The Hall–Kier alpha value is -2.05. The summed E-state index contributed by atoms with van der Waals surface area (Å²) in [5.74, 6) is -0.0218. The van der Waals surface area contributed by atoms with Crippen molar-refractivity contribution in [3.63, 3.8) is 0 Å². The molecule has 2 fully saturated rings. The molecular formula is C20H25F3N2O2. The summed E-state index contributed by atoms with van der Waals surface area (Å²) in [6, 6.07) is 5.07. The molecule has 1 N–H and O–H groups in total. The van der Waals surface area contributed by atoms with E-state index in [9.17, 15) is 22.8 Å². The van der Waals surface area contributed by atoms with Crippen molar-refractivity contribution in [2.75, 3.05) is 19.6 Å². The monoisotopic (exact) mass is 382 g/mol. The predicted octanol–water partition coefficient (Wildman–Crippen LogP) is 3.72. The topological polar surface area (TPSA) is 49.4 Å². The SMILES string of the molecule is O=C(NCCCN1CCCCCC1=O)C1CC1c1ccc(C(F)(F)F)cc1. The lowest BCUT2D eigenvalue weighted by Gasteiger charge is -2.20. The fourth-order valence-corrected chi connectivity index (χ4v) is 3.66. The van der Waals surface area contributed by atoms with E-state index >= 15 is 0 Å². The van der Waals surface area contributed by atoms with Crippen LogP contribution in [-0.2, 0) is 15.8 Å². The van der Waals surface area contributed by atoms with Gasteiger partial charge in [-0.25, -0.2) is 0 Å². The first-order valence-electron chi connectivity index (χ1n) is 9.59. The standard InChI is InChI=1S/C20H25F3N2O2/c21-20(22,23)15-8-6-14(7-9-15)16-13-17(16)19(27)24-10-4-12-25-11-3-1-2-5-18(25)26/h6-9,16-17H,1-5,10-13H2,(H,24,27). The molecule has 7 heteroatoms. The van der Waals surface area contributed by atoms with Crippen LogP contribution in [-0.4, -0.2) is 36.3 Å². The molecule has 27 heavy (non-hydrogen) atoms. The fourth-order valence-electron chi connectivity index (χ4n) is 3.66. The zero-order chi connectivity index (χ0) is 19.4. The van der Waals surface area contributed by atoms with Crippen LogP contribution in [0.25, 0.3) is 0 Å². The van der Waals surface area contributed by atoms with Crippen LogP contribution in [0.4, 0.5) is 13.2 Å². The number of alkyl halides is 3. The maximum absolute atomic E-state index is 12.6. The molecule has 1 aromatic rings. The average Bonchev–Trinajstić information content (AvgIpc) is 3.44. The Morgan fingerprint density at radius 3 is 2.59 bits per heavy atom. The number of carbonyl (C=O) groups is 2. The number of nitrogens with one attached hydrogen (secondary N) is 1. The normalized spacial score (nSPS) is 23.1. The molecule has 2 atom stereocenters. The Balaban J connectivity index is 1.39.